The fourth-order valence-electron chi connectivity index (χ4n) is 11.7. The topological polar surface area (TPSA) is 341 Å². The second-order valence-corrected chi connectivity index (χ2v) is 21.6. The van der Waals surface area contributed by atoms with Gasteiger partial charge in [-0.15, -0.1) is 0 Å². The van der Waals surface area contributed by atoms with E-state index < -0.39 is 101 Å². The molecule has 8 amide bonds. The van der Waals surface area contributed by atoms with E-state index in [-0.39, 0.29) is 133 Å². The van der Waals surface area contributed by atoms with Gasteiger partial charge in [-0.1, -0.05) is 30.7 Å². The van der Waals surface area contributed by atoms with E-state index in [0.29, 0.717) is 77.4 Å². The number of nitrogens with two attached hydrogens (primary N) is 1. The van der Waals surface area contributed by atoms with Crippen LogP contribution >= 0.6 is 0 Å². The van der Waals surface area contributed by atoms with Crippen LogP contribution in [0.15, 0.2) is 46.6 Å². The van der Waals surface area contributed by atoms with Crippen molar-refractivity contribution in [1.29, 1.82) is 0 Å². The third-order valence-corrected chi connectivity index (χ3v) is 16.4. The summed E-state index contributed by atoms with van der Waals surface area (Å²) in [6.45, 7) is 2.99. The molecule has 24 nitrogen and oxygen atoms in total. The molecule has 4 aliphatic heterocycles. The van der Waals surface area contributed by atoms with Crippen molar-refractivity contribution in [3.05, 3.63) is 46.6 Å². The first-order valence-corrected chi connectivity index (χ1v) is 28.3. The maximum Gasteiger partial charge on any atom is 0.249 e. The molecule has 0 spiro atoms. The highest BCUT2D eigenvalue weighted by Crippen LogP contribution is 2.30. The SMILES string of the molecule is NCCCCC1CN2CCNC(=O)C3=CCCC(C(=O)NCCN(CCNC(=O)C4CCC=C(C(=O)N1)[C@H]4O)CCN1CCNC(=O)C4CCC=C(C(=O)NCCN(CCNC(=O)C5=CCCC(C1=O)[C@@H]5O)CC2)[C@@H]4O)[C@H]3O. The Bertz CT molecular complexity index is 2290. The standard InChI is InChI=1S/C54H84N12O12/c55-16-2-1-7-34-33-65-27-21-60-49(73)37-10-3-8-35(43(37)67)48(72)57-19-25-64(26-20-58-50(74)39-12-5-14-41(45(39)69)53(77)62-34)31-32-66-28-22-61-51(75)38-11-4-9-36(44(38)68)47(71)56-17-23-63(29-30-65)24-18-59-52(76)40-13-6-15-42(46(40)70)54(66)78/h9-10,13-14,34-35,38-39,42-46,67-70H,1-8,11-12,15-33,55H2,(H,56,71)(H,57,72)(H,58,74)(H,59,76)(H,60,73)(H,61,75)(H,62,77)/t34?,35?,38?,39?,42?,43-,44+,45+,46-/m1/s1. The van der Waals surface area contributed by atoms with Crippen molar-refractivity contribution in [2.75, 3.05) is 118 Å². The molecule has 432 valence electrons. The zero-order valence-corrected chi connectivity index (χ0v) is 44.9. The molecule has 24 heteroatoms. The highest BCUT2D eigenvalue weighted by molar-refractivity contribution is 5.98. The van der Waals surface area contributed by atoms with Crippen LogP contribution in [-0.2, 0) is 38.4 Å². The Morgan fingerprint density at radius 1 is 0.423 bits per heavy atom. The van der Waals surface area contributed by atoms with Crippen molar-refractivity contribution < 1.29 is 58.8 Å². The molecule has 0 aromatic heterocycles. The number of unbranched alkanes of at least 4 members (excludes halogenated alkanes) is 1. The predicted molar refractivity (Wildman–Crippen MR) is 286 cm³/mol. The van der Waals surface area contributed by atoms with Crippen molar-refractivity contribution in [1.82, 2.24) is 56.8 Å². The van der Waals surface area contributed by atoms with Gasteiger partial charge in [-0.25, -0.2) is 0 Å². The number of carbonyl (C=O) groups is 8. The summed E-state index contributed by atoms with van der Waals surface area (Å²) in [7, 11) is 0. The quantitative estimate of drug-likeness (QED) is 0.119. The van der Waals surface area contributed by atoms with Gasteiger partial charge in [-0.2, -0.15) is 0 Å². The summed E-state index contributed by atoms with van der Waals surface area (Å²) in [5.74, 6) is -7.82. The maximum absolute atomic E-state index is 14.8. The Hall–Kier alpha value is -5.60. The number of hydrogen-bond acceptors (Lipinski definition) is 16. The van der Waals surface area contributed by atoms with Crippen LogP contribution in [0.2, 0.25) is 0 Å². The molecule has 4 heterocycles. The Kier molecular flexibility index (Phi) is 22.8. The van der Waals surface area contributed by atoms with Gasteiger partial charge in [0, 0.05) is 140 Å². The summed E-state index contributed by atoms with van der Waals surface area (Å²) >= 11 is 0. The number of nitrogens with one attached hydrogen (secondary N) is 7. The van der Waals surface area contributed by atoms with E-state index in [1.165, 1.54) is 4.90 Å². The summed E-state index contributed by atoms with van der Waals surface area (Å²) in [5, 5.41) is 67.2. The number of aliphatic hydroxyl groups is 4. The summed E-state index contributed by atoms with van der Waals surface area (Å²) < 4.78 is 0. The smallest absolute Gasteiger partial charge is 0.249 e. The molecular formula is C54H84N12O12. The van der Waals surface area contributed by atoms with Crippen molar-refractivity contribution in [2.45, 2.75) is 101 Å². The molecule has 4 aliphatic carbocycles. The molecule has 13 N–H and O–H groups in total. The Morgan fingerprint density at radius 2 is 0.782 bits per heavy atom. The summed E-state index contributed by atoms with van der Waals surface area (Å²) in [5.41, 5.74) is 6.21. The lowest BCUT2D eigenvalue weighted by Gasteiger charge is -2.34. The Labute approximate surface area is 456 Å². The molecular weight excluding hydrogens is 1010 g/mol. The minimum atomic E-state index is -1.46. The molecule has 0 saturated carbocycles. The lowest BCUT2D eigenvalue weighted by molar-refractivity contribution is -0.140. The molecule has 12 atom stereocenters. The number of fused-ring (bicyclic) bond motifs is 16. The van der Waals surface area contributed by atoms with Gasteiger partial charge in [0.05, 0.1) is 48.1 Å². The van der Waals surface area contributed by atoms with Gasteiger partial charge < -0.3 is 68.3 Å². The zero-order valence-electron chi connectivity index (χ0n) is 44.9. The average molecular weight is 1090 g/mol. The first-order chi connectivity index (χ1) is 37.6. The predicted octanol–water partition coefficient (Wildman–Crippen LogP) is -4.14. The van der Waals surface area contributed by atoms with Gasteiger partial charge in [0.15, 0.2) is 0 Å². The number of hydrogen-bond donors (Lipinski definition) is 12. The fourth-order valence-corrected chi connectivity index (χ4v) is 11.7. The van der Waals surface area contributed by atoms with Gasteiger partial charge in [0.1, 0.15) is 0 Å². The van der Waals surface area contributed by atoms with Gasteiger partial charge >= 0.3 is 0 Å². The van der Waals surface area contributed by atoms with E-state index in [9.17, 15) is 58.8 Å². The largest absolute Gasteiger partial charge is 0.387 e. The van der Waals surface area contributed by atoms with Gasteiger partial charge in [-0.05, 0) is 70.8 Å². The fraction of sp³-hybridized carbons (Fsp3) is 0.704. The molecule has 0 radical (unpaired) electrons. The van der Waals surface area contributed by atoms with Crippen LogP contribution in [0.3, 0.4) is 0 Å². The Morgan fingerprint density at radius 3 is 1.23 bits per heavy atom. The minimum Gasteiger partial charge on any atom is -0.387 e. The average Bonchev–Trinajstić information content (AvgIpc) is 3.44. The van der Waals surface area contributed by atoms with Gasteiger partial charge in [-0.3, -0.25) is 53.1 Å². The molecule has 4 saturated heterocycles. The van der Waals surface area contributed by atoms with Crippen LogP contribution in [-0.4, -0.2) is 236 Å². The van der Waals surface area contributed by atoms with Crippen LogP contribution < -0.4 is 43.0 Å². The van der Waals surface area contributed by atoms with Crippen molar-refractivity contribution >= 4 is 47.3 Å². The number of allylic oxidation sites excluding steroid dienone is 4. The molecule has 12 bridgehead atoms. The molecule has 0 aromatic carbocycles. The third-order valence-electron chi connectivity index (χ3n) is 16.4. The monoisotopic (exact) mass is 1090 g/mol. The second-order valence-electron chi connectivity index (χ2n) is 21.6. The number of rotatable bonds is 4. The second kappa shape index (κ2) is 29.6. The third kappa shape index (κ3) is 16.0. The van der Waals surface area contributed by atoms with E-state index >= 15 is 0 Å². The molecule has 8 unspecified atom stereocenters. The first kappa shape index (κ1) is 60.0. The van der Waals surface area contributed by atoms with Crippen LogP contribution in [0.5, 0.6) is 0 Å². The van der Waals surface area contributed by atoms with E-state index in [1.54, 1.807) is 24.3 Å². The summed E-state index contributed by atoms with van der Waals surface area (Å²) in [6.07, 6.45) is 5.27. The van der Waals surface area contributed by atoms with E-state index in [1.807, 2.05) is 14.7 Å². The molecule has 4 fully saturated rings. The normalized spacial score (nSPS) is 33.6. The minimum absolute atomic E-state index is 0.0276. The maximum atomic E-state index is 14.8. The molecule has 8 rings (SSSR count). The Balaban J connectivity index is 1.29. The van der Waals surface area contributed by atoms with Crippen LogP contribution in [0, 0.1) is 23.7 Å². The lowest BCUT2D eigenvalue weighted by Crippen LogP contribution is -2.51. The summed E-state index contributed by atoms with van der Waals surface area (Å²) in [6, 6.07) is -0.501. The van der Waals surface area contributed by atoms with Crippen molar-refractivity contribution in [3.8, 4) is 0 Å². The van der Waals surface area contributed by atoms with Crippen LogP contribution in [0.25, 0.3) is 0 Å². The van der Waals surface area contributed by atoms with E-state index in [0.717, 1.165) is 0 Å². The number of aliphatic hydroxyl groups excluding tert-OH is 4. The van der Waals surface area contributed by atoms with Gasteiger partial charge in [0.2, 0.25) is 47.3 Å². The molecule has 8 aliphatic rings. The zero-order chi connectivity index (χ0) is 55.7. The first-order valence-electron chi connectivity index (χ1n) is 28.3. The number of amides is 8. The molecule has 78 heavy (non-hydrogen) atoms. The van der Waals surface area contributed by atoms with Crippen LogP contribution in [0.4, 0.5) is 0 Å². The summed E-state index contributed by atoms with van der Waals surface area (Å²) in [4.78, 5) is 120. The van der Waals surface area contributed by atoms with Gasteiger partial charge in [0.25, 0.3) is 0 Å². The van der Waals surface area contributed by atoms with E-state index in [4.69, 9.17) is 5.73 Å². The van der Waals surface area contributed by atoms with E-state index in [2.05, 4.69) is 37.2 Å². The number of carbonyl (C=O) groups excluding carboxylic acids is 8. The lowest BCUT2D eigenvalue weighted by atomic mass is 9.84. The highest BCUT2D eigenvalue weighted by Gasteiger charge is 2.40. The van der Waals surface area contributed by atoms with Crippen molar-refractivity contribution in [3.63, 3.8) is 0 Å². The van der Waals surface area contributed by atoms with Crippen molar-refractivity contribution in [2.24, 2.45) is 29.4 Å². The number of nitrogens with zero attached hydrogens (tertiary/aromatic N) is 4. The molecule has 0 aromatic rings. The van der Waals surface area contributed by atoms with Crippen LogP contribution in [0.1, 0.15) is 70.6 Å². The highest BCUT2D eigenvalue weighted by atomic mass is 16.3.